The van der Waals surface area contributed by atoms with Crippen molar-refractivity contribution in [2.24, 2.45) is 0 Å². The van der Waals surface area contributed by atoms with Crippen LogP contribution in [0.2, 0.25) is 0 Å². The summed E-state index contributed by atoms with van der Waals surface area (Å²) in [6.45, 7) is 0. The van der Waals surface area contributed by atoms with E-state index < -0.39 is 0 Å². The molecule has 0 saturated heterocycles. The minimum atomic E-state index is 0.128. The molecular formula is C15H19N3O2. The lowest BCUT2D eigenvalue weighted by Gasteiger charge is -2.23. The molecule has 2 aromatic rings. The fourth-order valence-electron chi connectivity index (χ4n) is 2.88. The van der Waals surface area contributed by atoms with E-state index in [1.165, 1.54) is 19.3 Å². The summed E-state index contributed by atoms with van der Waals surface area (Å²) in [5.41, 5.74) is 0.867. The molecule has 0 atom stereocenters. The third-order valence-electron chi connectivity index (χ3n) is 3.93. The summed E-state index contributed by atoms with van der Waals surface area (Å²) >= 11 is 0. The Kier molecular flexibility index (Phi) is 3.58. The van der Waals surface area contributed by atoms with Crippen LogP contribution in [-0.4, -0.2) is 27.0 Å². The van der Waals surface area contributed by atoms with Crippen molar-refractivity contribution >= 4 is 0 Å². The van der Waals surface area contributed by atoms with Gasteiger partial charge in [-0.25, -0.2) is 9.67 Å². The number of nitrogens with zero attached hydrogens (tertiary/aromatic N) is 3. The van der Waals surface area contributed by atoms with E-state index in [1.807, 2.05) is 10.7 Å². The smallest absolute Gasteiger partial charge is 0.160 e. The first-order valence-corrected chi connectivity index (χ1v) is 7.06. The molecule has 0 spiro atoms. The molecule has 3 rings (SSSR count). The van der Waals surface area contributed by atoms with Gasteiger partial charge in [-0.05, 0) is 31.0 Å². The monoisotopic (exact) mass is 273 g/mol. The molecule has 1 saturated carbocycles. The van der Waals surface area contributed by atoms with E-state index in [9.17, 15) is 5.11 Å². The maximum atomic E-state index is 9.91. The molecule has 1 N–H and O–H groups in total. The van der Waals surface area contributed by atoms with Gasteiger partial charge in [-0.1, -0.05) is 19.3 Å². The van der Waals surface area contributed by atoms with Gasteiger partial charge in [0.25, 0.3) is 0 Å². The van der Waals surface area contributed by atoms with Gasteiger partial charge in [0.1, 0.15) is 6.33 Å². The maximum absolute atomic E-state index is 9.91. The van der Waals surface area contributed by atoms with Crippen molar-refractivity contribution in [1.29, 1.82) is 0 Å². The van der Waals surface area contributed by atoms with E-state index >= 15 is 0 Å². The van der Waals surface area contributed by atoms with Gasteiger partial charge < -0.3 is 9.84 Å². The third-order valence-corrected chi connectivity index (χ3v) is 3.93. The SMILES string of the molecule is COc1ccc(-c2ncnn2C2CCCCC2)cc1O. The summed E-state index contributed by atoms with van der Waals surface area (Å²) in [4.78, 5) is 4.36. The fourth-order valence-corrected chi connectivity index (χ4v) is 2.88. The molecule has 0 amide bonds. The Balaban J connectivity index is 1.94. The fraction of sp³-hybridized carbons (Fsp3) is 0.467. The molecule has 106 valence electrons. The van der Waals surface area contributed by atoms with Crippen LogP contribution in [0.15, 0.2) is 24.5 Å². The first kappa shape index (κ1) is 13.0. The van der Waals surface area contributed by atoms with E-state index in [1.54, 1.807) is 25.6 Å². The van der Waals surface area contributed by atoms with Gasteiger partial charge in [0.15, 0.2) is 17.3 Å². The van der Waals surface area contributed by atoms with Gasteiger partial charge in [-0.2, -0.15) is 5.10 Å². The van der Waals surface area contributed by atoms with E-state index in [0.717, 1.165) is 24.2 Å². The molecule has 1 aromatic heterocycles. The molecule has 1 aliphatic carbocycles. The summed E-state index contributed by atoms with van der Waals surface area (Å²) in [7, 11) is 1.54. The molecule has 1 fully saturated rings. The molecule has 1 aliphatic rings. The molecule has 1 heterocycles. The summed E-state index contributed by atoms with van der Waals surface area (Å²) in [6, 6.07) is 5.76. The first-order valence-electron chi connectivity index (χ1n) is 7.06. The Labute approximate surface area is 118 Å². The Hall–Kier alpha value is -2.04. The summed E-state index contributed by atoms with van der Waals surface area (Å²) < 4.78 is 7.07. The lowest BCUT2D eigenvalue weighted by Crippen LogP contribution is -2.15. The summed E-state index contributed by atoms with van der Waals surface area (Å²) in [6.07, 6.45) is 7.70. The molecule has 5 nitrogen and oxygen atoms in total. The standard InChI is InChI=1S/C15H19N3O2/c1-20-14-8-7-11(9-13(14)19)15-16-10-17-18(15)12-5-3-2-4-6-12/h7-10,12,19H,2-6H2,1H3. The van der Waals surface area contributed by atoms with Crippen molar-refractivity contribution in [3.05, 3.63) is 24.5 Å². The highest BCUT2D eigenvalue weighted by Gasteiger charge is 2.20. The number of methoxy groups -OCH3 is 1. The summed E-state index contributed by atoms with van der Waals surface area (Å²) in [5.74, 6) is 1.41. The predicted octanol–water partition coefficient (Wildman–Crippen LogP) is 3.16. The van der Waals surface area contributed by atoms with Crippen LogP contribution < -0.4 is 4.74 Å². The minimum Gasteiger partial charge on any atom is -0.504 e. The van der Waals surface area contributed by atoms with Gasteiger partial charge in [0.05, 0.1) is 13.2 Å². The molecular weight excluding hydrogens is 254 g/mol. The van der Waals surface area contributed by atoms with Crippen molar-refractivity contribution < 1.29 is 9.84 Å². The lowest BCUT2D eigenvalue weighted by molar-refractivity contribution is 0.331. The number of benzene rings is 1. The number of aromatic nitrogens is 3. The van der Waals surface area contributed by atoms with Gasteiger partial charge in [0.2, 0.25) is 0 Å². The Morgan fingerprint density at radius 3 is 2.75 bits per heavy atom. The molecule has 1 aromatic carbocycles. The summed E-state index contributed by atoms with van der Waals surface area (Å²) in [5, 5.41) is 14.3. The van der Waals surface area contributed by atoms with Gasteiger partial charge in [0, 0.05) is 5.56 Å². The highest BCUT2D eigenvalue weighted by molar-refractivity contribution is 5.60. The van der Waals surface area contributed by atoms with Crippen molar-refractivity contribution in [3.8, 4) is 22.9 Å². The second-order valence-corrected chi connectivity index (χ2v) is 5.21. The number of rotatable bonds is 3. The molecule has 5 heteroatoms. The van der Waals surface area contributed by atoms with E-state index in [0.29, 0.717) is 11.8 Å². The topological polar surface area (TPSA) is 60.2 Å². The third kappa shape index (κ3) is 2.35. The Bertz CT molecular complexity index is 589. The normalized spacial score (nSPS) is 16.2. The van der Waals surface area contributed by atoms with Crippen LogP contribution in [0.25, 0.3) is 11.4 Å². The first-order chi connectivity index (χ1) is 9.79. The molecule has 20 heavy (non-hydrogen) atoms. The van der Waals surface area contributed by atoms with Crippen LogP contribution in [-0.2, 0) is 0 Å². The van der Waals surface area contributed by atoms with Crippen molar-refractivity contribution in [3.63, 3.8) is 0 Å². The van der Waals surface area contributed by atoms with Crippen LogP contribution in [0, 0.1) is 0 Å². The van der Waals surface area contributed by atoms with Crippen molar-refractivity contribution in [2.75, 3.05) is 7.11 Å². The van der Waals surface area contributed by atoms with Crippen LogP contribution in [0.4, 0.5) is 0 Å². The average Bonchev–Trinajstić information content (AvgIpc) is 2.97. The number of phenols is 1. The van der Waals surface area contributed by atoms with Crippen molar-refractivity contribution in [2.45, 2.75) is 38.1 Å². The molecule has 0 bridgehead atoms. The minimum absolute atomic E-state index is 0.128. The lowest BCUT2D eigenvalue weighted by atomic mass is 9.95. The van der Waals surface area contributed by atoms with Crippen LogP contribution in [0.3, 0.4) is 0 Å². The number of ether oxygens (including phenoxy) is 1. The number of aromatic hydroxyl groups is 1. The second kappa shape index (κ2) is 5.53. The highest BCUT2D eigenvalue weighted by Crippen LogP contribution is 2.34. The zero-order valence-electron chi connectivity index (χ0n) is 11.6. The van der Waals surface area contributed by atoms with E-state index in [-0.39, 0.29) is 5.75 Å². The molecule has 0 unspecified atom stereocenters. The second-order valence-electron chi connectivity index (χ2n) is 5.21. The highest BCUT2D eigenvalue weighted by atomic mass is 16.5. The Morgan fingerprint density at radius 2 is 2.05 bits per heavy atom. The van der Waals surface area contributed by atoms with Gasteiger partial charge in [-0.15, -0.1) is 0 Å². The maximum Gasteiger partial charge on any atom is 0.160 e. The van der Waals surface area contributed by atoms with Gasteiger partial charge in [-0.3, -0.25) is 0 Å². The number of hydrogen-bond donors (Lipinski definition) is 1. The van der Waals surface area contributed by atoms with Crippen LogP contribution in [0.1, 0.15) is 38.1 Å². The van der Waals surface area contributed by atoms with Crippen LogP contribution in [0.5, 0.6) is 11.5 Å². The van der Waals surface area contributed by atoms with Crippen molar-refractivity contribution in [1.82, 2.24) is 14.8 Å². The quantitative estimate of drug-likeness (QED) is 0.933. The molecule has 0 aliphatic heterocycles. The van der Waals surface area contributed by atoms with E-state index in [2.05, 4.69) is 10.1 Å². The largest absolute Gasteiger partial charge is 0.504 e. The van der Waals surface area contributed by atoms with Gasteiger partial charge >= 0.3 is 0 Å². The zero-order valence-corrected chi connectivity index (χ0v) is 11.6. The average molecular weight is 273 g/mol. The van der Waals surface area contributed by atoms with E-state index in [4.69, 9.17) is 4.74 Å². The number of hydrogen-bond acceptors (Lipinski definition) is 4. The predicted molar refractivity (Wildman–Crippen MR) is 75.8 cm³/mol. The number of phenolic OH excluding ortho intramolecular Hbond substituents is 1. The zero-order chi connectivity index (χ0) is 13.9. The Morgan fingerprint density at radius 1 is 1.25 bits per heavy atom. The molecule has 0 radical (unpaired) electrons. The van der Waals surface area contributed by atoms with Crippen LogP contribution >= 0.6 is 0 Å².